The molecule has 0 aliphatic heterocycles. The van der Waals surface area contributed by atoms with Crippen molar-refractivity contribution in [3.63, 3.8) is 0 Å². The molecule has 0 aliphatic rings. The van der Waals surface area contributed by atoms with Crippen molar-refractivity contribution < 1.29 is 13.2 Å². The third-order valence-corrected chi connectivity index (χ3v) is 2.07. The fraction of sp³-hybridized carbons (Fsp3) is 0.200. The summed E-state index contributed by atoms with van der Waals surface area (Å²) < 4.78 is 36.8. The lowest BCUT2D eigenvalue weighted by Crippen LogP contribution is -2.06. The van der Waals surface area contributed by atoms with Crippen molar-refractivity contribution in [3.8, 4) is 0 Å². The van der Waals surface area contributed by atoms with E-state index in [1.165, 1.54) is 29.3 Å². The van der Waals surface area contributed by atoms with Crippen molar-refractivity contribution in [2.45, 2.75) is 12.7 Å². The molecule has 6 heteroatoms. The zero-order valence-electron chi connectivity index (χ0n) is 8.15. The van der Waals surface area contributed by atoms with Gasteiger partial charge in [-0.1, -0.05) is 12.1 Å². The Morgan fingerprint density at radius 1 is 1.00 bits per heavy atom. The molecule has 0 amide bonds. The molecule has 1 aromatic heterocycles. The van der Waals surface area contributed by atoms with Gasteiger partial charge < -0.3 is 0 Å². The van der Waals surface area contributed by atoms with Crippen LogP contribution in [-0.2, 0) is 12.7 Å². The number of alkyl halides is 3. The second-order valence-corrected chi connectivity index (χ2v) is 3.25. The van der Waals surface area contributed by atoms with Crippen LogP contribution in [0.1, 0.15) is 11.1 Å². The van der Waals surface area contributed by atoms with Crippen LogP contribution in [0.5, 0.6) is 0 Å². The normalized spacial score (nSPS) is 11.7. The molecule has 0 radical (unpaired) electrons. The van der Waals surface area contributed by atoms with E-state index in [9.17, 15) is 13.2 Å². The fourth-order valence-corrected chi connectivity index (χ4v) is 1.29. The van der Waals surface area contributed by atoms with E-state index in [4.69, 9.17) is 0 Å². The highest BCUT2D eigenvalue weighted by molar-refractivity contribution is 5.24. The lowest BCUT2D eigenvalue weighted by Gasteiger charge is -2.07. The molecule has 2 rings (SSSR count). The van der Waals surface area contributed by atoms with Crippen LogP contribution < -0.4 is 0 Å². The van der Waals surface area contributed by atoms with E-state index in [0.717, 1.165) is 17.7 Å². The first-order valence-electron chi connectivity index (χ1n) is 4.56. The molecule has 0 N–H and O–H groups in total. The summed E-state index contributed by atoms with van der Waals surface area (Å²) in [6.07, 6.45) is -1.25. The van der Waals surface area contributed by atoms with Gasteiger partial charge in [0.2, 0.25) is 0 Å². The molecule has 0 fully saturated rings. The molecule has 0 unspecified atom stereocenters. The molecule has 84 valence electrons. The van der Waals surface area contributed by atoms with Crippen LogP contribution in [0.2, 0.25) is 0 Å². The number of aromatic nitrogens is 3. The van der Waals surface area contributed by atoms with Crippen LogP contribution in [0.4, 0.5) is 13.2 Å². The zero-order chi connectivity index (χ0) is 11.6. The van der Waals surface area contributed by atoms with Crippen molar-refractivity contribution >= 4 is 0 Å². The Balaban J connectivity index is 2.14. The highest BCUT2D eigenvalue weighted by Gasteiger charge is 2.29. The molecule has 3 nitrogen and oxygen atoms in total. The highest BCUT2D eigenvalue weighted by Crippen LogP contribution is 2.29. The first-order chi connectivity index (χ1) is 7.55. The lowest BCUT2D eigenvalue weighted by atomic mass is 10.1. The van der Waals surface area contributed by atoms with Crippen LogP contribution in [0, 0.1) is 0 Å². The maximum absolute atomic E-state index is 12.3. The van der Waals surface area contributed by atoms with E-state index >= 15 is 0 Å². The lowest BCUT2D eigenvalue weighted by molar-refractivity contribution is -0.137. The van der Waals surface area contributed by atoms with E-state index in [2.05, 4.69) is 10.2 Å². The summed E-state index contributed by atoms with van der Waals surface area (Å²) in [5.41, 5.74) is 0.0777. The molecule has 0 saturated carbocycles. The van der Waals surface area contributed by atoms with Gasteiger partial charge in [0.1, 0.15) is 0 Å². The molecular weight excluding hydrogens is 219 g/mol. The van der Waals surface area contributed by atoms with E-state index in [0.29, 0.717) is 6.54 Å². The predicted molar refractivity (Wildman–Crippen MR) is 50.6 cm³/mol. The van der Waals surface area contributed by atoms with Gasteiger partial charge in [-0.15, -0.1) is 0 Å². The number of nitrogens with zero attached hydrogens (tertiary/aromatic N) is 3. The molecule has 0 bridgehead atoms. The summed E-state index contributed by atoms with van der Waals surface area (Å²) in [7, 11) is 0. The Labute approximate surface area is 89.5 Å². The topological polar surface area (TPSA) is 30.7 Å². The number of halogens is 3. The third kappa shape index (κ3) is 2.39. The van der Waals surface area contributed by atoms with E-state index in [-0.39, 0.29) is 0 Å². The molecule has 2 aromatic rings. The molecule has 0 spiro atoms. The average molecular weight is 227 g/mol. The van der Waals surface area contributed by atoms with Gasteiger partial charge in [0.15, 0.2) is 0 Å². The van der Waals surface area contributed by atoms with Crippen molar-refractivity contribution in [3.05, 3.63) is 47.8 Å². The summed E-state index contributed by atoms with van der Waals surface area (Å²) in [6.45, 7) is 0.366. The Morgan fingerprint density at radius 3 is 2.06 bits per heavy atom. The molecule has 16 heavy (non-hydrogen) atoms. The van der Waals surface area contributed by atoms with Crippen LogP contribution >= 0.6 is 0 Å². The summed E-state index contributed by atoms with van der Waals surface area (Å²) in [5.74, 6) is 0. The smallest absolute Gasteiger partial charge is 0.180 e. The van der Waals surface area contributed by atoms with Crippen molar-refractivity contribution in [2.75, 3.05) is 0 Å². The molecular formula is C10H8F3N3. The summed E-state index contributed by atoms with van der Waals surface area (Å²) in [4.78, 5) is 1.41. The van der Waals surface area contributed by atoms with Gasteiger partial charge in [0.25, 0.3) is 0 Å². The van der Waals surface area contributed by atoms with Crippen molar-refractivity contribution in [1.29, 1.82) is 0 Å². The first kappa shape index (κ1) is 10.7. The monoisotopic (exact) mass is 227 g/mol. The van der Waals surface area contributed by atoms with Crippen molar-refractivity contribution in [1.82, 2.24) is 15.0 Å². The van der Waals surface area contributed by atoms with Crippen LogP contribution in [0.15, 0.2) is 36.7 Å². The fourth-order valence-electron chi connectivity index (χ4n) is 1.29. The van der Waals surface area contributed by atoms with E-state index in [1.54, 1.807) is 0 Å². The second-order valence-electron chi connectivity index (χ2n) is 3.25. The van der Waals surface area contributed by atoms with Gasteiger partial charge in [-0.3, -0.25) is 0 Å². The summed E-state index contributed by atoms with van der Waals surface area (Å²) in [6, 6.07) is 4.95. The molecule has 1 heterocycles. The first-order valence-corrected chi connectivity index (χ1v) is 4.56. The number of benzene rings is 1. The van der Waals surface area contributed by atoms with Crippen molar-refractivity contribution in [2.24, 2.45) is 0 Å². The third-order valence-electron chi connectivity index (χ3n) is 2.07. The standard InChI is InChI=1S/C10H8F3N3/c11-10(12,13)9-3-1-8(2-4-9)7-16-14-5-6-15-16/h1-6H,7H2. The largest absolute Gasteiger partial charge is 0.416 e. The second kappa shape index (κ2) is 3.96. The number of hydrogen-bond acceptors (Lipinski definition) is 2. The van der Waals surface area contributed by atoms with Crippen LogP contribution in [0.25, 0.3) is 0 Å². The number of rotatable bonds is 2. The van der Waals surface area contributed by atoms with Crippen LogP contribution in [-0.4, -0.2) is 15.0 Å². The van der Waals surface area contributed by atoms with Gasteiger partial charge >= 0.3 is 6.18 Å². The Hall–Kier alpha value is -1.85. The van der Waals surface area contributed by atoms with Gasteiger partial charge in [-0.2, -0.15) is 28.2 Å². The van der Waals surface area contributed by atoms with E-state index < -0.39 is 11.7 Å². The van der Waals surface area contributed by atoms with Crippen LogP contribution in [0.3, 0.4) is 0 Å². The Kier molecular flexibility index (Phi) is 2.64. The summed E-state index contributed by atoms with van der Waals surface area (Å²) in [5, 5.41) is 7.73. The predicted octanol–water partition coefficient (Wildman–Crippen LogP) is 2.35. The molecule has 1 aromatic carbocycles. The summed E-state index contributed by atoms with van der Waals surface area (Å²) >= 11 is 0. The molecule has 0 aliphatic carbocycles. The highest BCUT2D eigenvalue weighted by atomic mass is 19.4. The van der Waals surface area contributed by atoms with Gasteiger partial charge in [0.05, 0.1) is 24.5 Å². The minimum atomic E-state index is -4.29. The molecule has 0 atom stereocenters. The maximum atomic E-state index is 12.3. The Morgan fingerprint density at radius 2 is 1.56 bits per heavy atom. The van der Waals surface area contributed by atoms with Gasteiger partial charge in [-0.25, -0.2) is 0 Å². The van der Waals surface area contributed by atoms with E-state index in [1.807, 2.05) is 0 Å². The minimum Gasteiger partial charge on any atom is -0.180 e. The number of hydrogen-bond donors (Lipinski definition) is 0. The van der Waals surface area contributed by atoms with Gasteiger partial charge in [-0.05, 0) is 17.7 Å². The maximum Gasteiger partial charge on any atom is 0.416 e. The zero-order valence-corrected chi connectivity index (χ0v) is 8.15. The Bertz CT molecular complexity index is 445. The molecule has 0 saturated heterocycles. The minimum absolute atomic E-state index is 0.366. The van der Waals surface area contributed by atoms with Gasteiger partial charge in [0, 0.05) is 0 Å². The SMILES string of the molecule is FC(F)(F)c1ccc(Cn2nccn2)cc1. The average Bonchev–Trinajstić information content (AvgIpc) is 2.70. The quantitative estimate of drug-likeness (QED) is 0.788.